The zero-order valence-corrected chi connectivity index (χ0v) is 14.4. The van der Waals surface area contributed by atoms with Crippen LogP contribution in [0.1, 0.15) is 6.92 Å². The molecule has 5 heteroatoms. The standard InChI is InChI=1S/C18H18BrNO3/c1-3-11-22-17-6-4-5-15(12-17)20-18(21)13(2)23-16-9-7-14(19)8-10-16/h3-10,12-13H,1,11H2,2H3,(H,20,21). The summed E-state index contributed by atoms with van der Waals surface area (Å²) in [5, 5.41) is 2.81. The first-order valence-electron chi connectivity index (χ1n) is 7.15. The van der Waals surface area contributed by atoms with Crippen LogP contribution < -0.4 is 14.8 Å². The number of anilines is 1. The summed E-state index contributed by atoms with van der Waals surface area (Å²) in [6.07, 6.45) is 1.05. The maximum atomic E-state index is 12.2. The Morgan fingerprint density at radius 2 is 2.00 bits per heavy atom. The fraction of sp³-hybridized carbons (Fsp3) is 0.167. The fourth-order valence-electron chi connectivity index (χ4n) is 1.83. The summed E-state index contributed by atoms with van der Waals surface area (Å²) in [5.41, 5.74) is 0.655. The Kier molecular flexibility index (Phi) is 6.23. The van der Waals surface area contributed by atoms with Gasteiger partial charge in [-0.05, 0) is 43.3 Å². The van der Waals surface area contributed by atoms with Gasteiger partial charge in [0.25, 0.3) is 5.91 Å². The van der Waals surface area contributed by atoms with Gasteiger partial charge in [0.05, 0.1) is 0 Å². The predicted octanol–water partition coefficient (Wildman–Crippen LogP) is 4.42. The van der Waals surface area contributed by atoms with Crippen LogP contribution in [0.25, 0.3) is 0 Å². The van der Waals surface area contributed by atoms with Gasteiger partial charge in [0, 0.05) is 16.2 Å². The molecule has 2 rings (SSSR count). The molecule has 1 unspecified atom stereocenters. The highest BCUT2D eigenvalue weighted by Gasteiger charge is 2.15. The summed E-state index contributed by atoms with van der Waals surface area (Å²) < 4.78 is 12.0. The van der Waals surface area contributed by atoms with E-state index in [2.05, 4.69) is 27.8 Å². The molecule has 0 spiro atoms. The van der Waals surface area contributed by atoms with Crippen LogP contribution in [0.4, 0.5) is 5.69 Å². The number of ether oxygens (including phenoxy) is 2. The molecule has 0 aliphatic carbocycles. The number of amides is 1. The smallest absolute Gasteiger partial charge is 0.265 e. The molecule has 1 N–H and O–H groups in total. The monoisotopic (exact) mass is 375 g/mol. The Hall–Kier alpha value is -2.27. The first-order valence-corrected chi connectivity index (χ1v) is 7.94. The molecule has 23 heavy (non-hydrogen) atoms. The van der Waals surface area contributed by atoms with E-state index >= 15 is 0 Å². The van der Waals surface area contributed by atoms with Crippen LogP contribution in [0.15, 0.2) is 65.7 Å². The molecular weight excluding hydrogens is 358 g/mol. The van der Waals surface area contributed by atoms with Gasteiger partial charge >= 0.3 is 0 Å². The Morgan fingerprint density at radius 3 is 2.70 bits per heavy atom. The minimum absolute atomic E-state index is 0.228. The topological polar surface area (TPSA) is 47.6 Å². The molecule has 1 amide bonds. The zero-order chi connectivity index (χ0) is 16.7. The molecule has 0 aromatic heterocycles. The summed E-state index contributed by atoms with van der Waals surface area (Å²) in [6.45, 7) is 5.72. The summed E-state index contributed by atoms with van der Waals surface area (Å²) in [5.74, 6) is 1.08. The minimum atomic E-state index is -0.617. The second-order valence-corrected chi connectivity index (χ2v) is 5.75. The summed E-state index contributed by atoms with van der Waals surface area (Å²) in [7, 11) is 0. The van der Waals surface area contributed by atoms with Crippen molar-refractivity contribution in [1.82, 2.24) is 0 Å². The third kappa shape index (κ3) is 5.45. The molecule has 0 radical (unpaired) electrons. The van der Waals surface area contributed by atoms with E-state index in [0.29, 0.717) is 23.8 Å². The van der Waals surface area contributed by atoms with E-state index in [-0.39, 0.29) is 5.91 Å². The molecule has 2 aromatic carbocycles. The molecule has 2 aromatic rings. The zero-order valence-electron chi connectivity index (χ0n) is 12.8. The minimum Gasteiger partial charge on any atom is -0.489 e. The number of rotatable bonds is 7. The van der Waals surface area contributed by atoms with Gasteiger partial charge in [-0.1, -0.05) is 34.7 Å². The average molecular weight is 376 g/mol. The molecule has 1 atom stereocenters. The van der Waals surface area contributed by atoms with Crippen molar-refractivity contribution in [3.8, 4) is 11.5 Å². The van der Waals surface area contributed by atoms with Crippen molar-refractivity contribution in [3.05, 3.63) is 65.7 Å². The van der Waals surface area contributed by atoms with Gasteiger partial charge in [0.1, 0.15) is 18.1 Å². The van der Waals surface area contributed by atoms with Crippen molar-refractivity contribution < 1.29 is 14.3 Å². The fourth-order valence-corrected chi connectivity index (χ4v) is 2.10. The Labute approximate surface area is 144 Å². The number of nitrogens with one attached hydrogen (secondary N) is 1. The highest BCUT2D eigenvalue weighted by Crippen LogP contribution is 2.19. The molecule has 4 nitrogen and oxygen atoms in total. The molecule has 0 aliphatic heterocycles. The normalized spacial score (nSPS) is 11.4. The van der Waals surface area contributed by atoms with Crippen LogP contribution in [-0.2, 0) is 4.79 Å². The van der Waals surface area contributed by atoms with Gasteiger partial charge in [-0.25, -0.2) is 0 Å². The van der Waals surface area contributed by atoms with Crippen molar-refractivity contribution in [2.75, 3.05) is 11.9 Å². The molecule has 0 fully saturated rings. The summed E-state index contributed by atoms with van der Waals surface area (Å²) >= 11 is 3.36. The maximum Gasteiger partial charge on any atom is 0.265 e. The molecule has 0 saturated carbocycles. The Bertz CT molecular complexity index is 670. The first-order chi connectivity index (χ1) is 11.1. The number of carbonyl (C=O) groups excluding carboxylic acids is 1. The predicted molar refractivity (Wildman–Crippen MR) is 95.0 cm³/mol. The lowest BCUT2D eigenvalue weighted by Crippen LogP contribution is -2.30. The molecule has 120 valence electrons. The third-order valence-electron chi connectivity index (χ3n) is 2.97. The molecule has 0 bridgehead atoms. The second-order valence-electron chi connectivity index (χ2n) is 4.83. The van der Waals surface area contributed by atoms with E-state index in [0.717, 1.165) is 4.47 Å². The summed E-state index contributed by atoms with van der Waals surface area (Å²) in [6, 6.07) is 14.5. The second kappa shape index (κ2) is 8.39. The average Bonchev–Trinajstić information content (AvgIpc) is 2.55. The number of halogens is 1. The van der Waals surface area contributed by atoms with Gasteiger partial charge in [0.2, 0.25) is 0 Å². The largest absolute Gasteiger partial charge is 0.489 e. The Balaban J connectivity index is 1.95. The highest BCUT2D eigenvalue weighted by atomic mass is 79.9. The van der Waals surface area contributed by atoms with Crippen LogP contribution in [-0.4, -0.2) is 18.6 Å². The van der Waals surface area contributed by atoms with Gasteiger partial charge in [0.15, 0.2) is 6.10 Å². The van der Waals surface area contributed by atoms with E-state index in [1.807, 2.05) is 24.3 Å². The number of hydrogen-bond donors (Lipinski definition) is 1. The van der Waals surface area contributed by atoms with E-state index in [1.165, 1.54) is 0 Å². The number of benzene rings is 2. The maximum absolute atomic E-state index is 12.2. The van der Waals surface area contributed by atoms with Crippen molar-refractivity contribution in [2.45, 2.75) is 13.0 Å². The quantitative estimate of drug-likeness (QED) is 0.728. The lowest BCUT2D eigenvalue weighted by atomic mass is 10.2. The van der Waals surface area contributed by atoms with Crippen LogP contribution in [0, 0.1) is 0 Å². The third-order valence-corrected chi connectivity index (χ3v) is 3.49. The first kappa shape index (κ1) is 17.1. The van der Waals surface area contributed by atoms with E-state index in [1.54, 1.807) is 37.3 Å². The van der Waals surface area contributed by atoms with Crippen molar-refractivity contribution in [3.63, 3.8) is 0 Å². The molecule has 0 saturated heterocycles. The SMILES string of the molecule is C=CCOc1cccc(NC(=O)C(C)Oc2ccc(Br)cc2)c1. The molecule has 0 heterocycles. The number of carbonyl (C=O) groups is 1. The molecule has 0 aliphatic rings. The Morgan fingerprint density at radius 1 is 1.26 bits per heavy atom. The van der Waals surface area contributed by atoms with E-state index in [4.69, 9.17) is 9.47 Å². The van der Waals surface area contributed by atoms with Gasteiger partial charge in [-0.3, -0.25) is 4.79 Å². The van der Waals surface area contributed by atoms with Gasteiger partial charge in [-0.15, -0.1) is 0 Å². The van der Waals surface area contributed by atoms with Crippen LogP contribution in [0.2, 0.25) is 0 Å². The van der Waals surface area contributed by atoms with Crippen LogP contribution in [0.5, 0.6) is 11.5 Å². The lowest BCUT2D eigenvalue weighted by Gasteiger charge is -2.15. The van der Waals surface area contributed by atoms with Gasteiger partial charge in [-0.2, -0.15) is 0 Å². The van der Waals surface area contributed by atoms with Gasteiger partial charge < -0.3 is 14.8 Å². The van der Waals surface area contributed by atoms with Crippen molar-refractivity contribution in [2.24, 2.45) is 0 Å². The van der Waals surface area contributed by atoms with Crippen LogP contribution in [0.3, 0.4) is 0 Å². The van der Waals surface area contributed by atoms with E-state index < -0.39 is 6.10 Å². The lowest BCUT2D eigenvalue weighted by molar-refractivity contribution is -0.122. The summed E-state index contributed by atoms with van der Waals surface area (Å²) in [4.78, 5) is 12.2. The van der Waals surface area contributed by atoms with Crippen molar-refractivity contribution in [1.29, 1.82) is 0 Å². The van der Waals surface area contributed by atoms with Crippen LogP contribution >= 0.6 is 15.9 Å². The van der Waals surface area contributed by atoms with Crippen molar-refractivity contribution >= 4 is 27.5 Å². The highest BCUT2D eigenvalue weighted by molar-refractivity contribution is 9.10. The van der Waals surface area contributed by atoms with E-state index in [9.17, 15) is 4.79 Å². The number of hydrogen-bond acceptors (Lipinski definition) is 3. The molecular formula is C18H18BrNO3.